The second-order valence-electron chi connectivity index (χ2n) is 12.3. The molecule has 0 bridgehead atoms. The third-order valence-corrected chi connectivity index (χ3v) is 10.1. The van der Waals surface area contributed by atoms with Gasteiger partial charge >= 0.3 is 0 Å². The summed E-state index contributed by atoms with van der Waals surface area (Å²) in [6, 6.07) is 23.5. The number of nitrogens with two attached hydrogens (primary N) is 1. The number of likely N-dealkylation sites (tertiary alicyclic amines) is 1. The Hall–Kier alpha value is -4.59. The van der Waals surface area contributed by atoms with Gasteiger partial charge in [0, 0.05) is 51.4 Å². The molecule has 0 unspecified atom stereocenters. The van der Waals surface area contributed by atoms with Crippen molar-refractivity contribution in [3.63, 3.8) is 0 Å². The van der Waals surface area contributed by atoms with E-state index in [2.05, 4.69) is 27.1 Å². The number of carbonyl (C=O) groups excluding carboxylic acids is 3. The summed E-state index contributed by atoms with van der Waals surface area (Å²) in [5, 5.41) is 10.4. The molecule has 0 aromatic heterocycles. The number of nitrogens with one attached hydrogen (secondary N) is 3. The molecule has 13 heteroatoms. The number of nitrogen functional groups attached to an aromatic ring is 1. The predicted octanol–water partition coefficient (Wildman–Crippen LogP) is 1.80. The van der Waals surface area contributed by atoms with Gasteiger partial charge in [0.2, 0.25) is 27.7 Å². The van der Waals surface area contributed by atoms with E-state index in [9.17, 15) is 22.8 Å². The Morgan fingerprint density at radius 3 is 2.08 bits per heavy atom. The average molecular weight is 674 g/mol. The SMILES string of the molecule is N=C(N)c1ccc(CNC(=O)[C@@H]2CCCN2C(=O)[C@@H](CC(=O)N2CCN(Cc3ccccc3)CC2)NS(=O)(=O)Cc2ccccc2)cc1. The van der Waals surface area contributed by atoms with Gasteiger partial charge < -0.3 is 20.9 Å². The van der Waals surface area contributed by atoms with Crippen LogP contribution >= 0.6 is 0 Å². The maximum absolute atomic E-state index is 14.0. The van der Waals surface area contributed by atoms with Gasteiger partial charge in [-0.15, -0.1) is 0 Å². The lowest BCUT2D eigenvalue weighted by Gasteiger charge is -2.36. The van der Waals surface area contributed by atoms with Gasteiger partial charge in [-0.2, -0.15) is 0 Å². The van der Waals surface area contributed by atoms with Gasteiger partial charge in [0.15, 0.2) is 0 Å². The molecule has 3 aromatic carbocycles. The zero-order valence-electron chi connectivity index (χ0n) is 26.9. The molecule has 48 heavy (non-hydrogen) atoms. The smallest absolute Gasteiger partial charge is 0.243 e. The van der Waals surface area contributed by atoms with Crippen molar-refractivity contribution >= 4 is 33.6 Å². The first kappa shape index (κ1) is 34.7. The van der Waals surface area contributed by atoms with E-state index in [0.717, 1.165) is 12.1 Å². The van der Waals surface area contributed by atoms with Crippen molar-refractivity contribution in [2.75, 3.05) is 32.7 Å². The summed E-state index contributed by atoms with van der Waals surface area (Å²) in [7, 11) is -4.02. The van der Waals surface area contributed by atoms with Crippen molar-refractivity contribution in [3.8, 4) is 0 Å². The molecule has 0 aliphatic carbocycles. The number of sulfonamides is 1. The lowest BCUT2D eigenvalue weighted by molar-refractivity contribution is -0.142. The van der Waals surface area contributed by atoms with Gasteiger partial charge in [-0.05, 0) is 29.5 Å². The minimum Gasteiger partial charge on any atom is -0.384 e. The van der Waals surface area contributed by atoms with Crippen LogP contribution in [0, 0.1) is 5.41 Å². The largest absolute Gasteiger partial charge is 0.384 e. The fraction of sp³-hybridized carbons (Fsp3) is 0.371. The molecule has 0 radical (unpaired) electrons. The van der Waals surface area contributed by atoms with Crippen molar-refractivity contribution in [2.45, 2.75) is 50.2 Å². The molecule has 3 amide bonds. The zero-order chi connectivity index (χ0) is 34.1. The molecule has 0 spiro atoms. The highest BCUT2D eigenvalue weighted by Crippen LogP contribution is 2.21. The van der Waals surface area contributed by atoms with Gasteiger partial charge in [-0.1, -0.05) is 84.9 Å². The molecule has 254 valence electrons. The molecule has 3 aromatic rings. The predicted molar refractivity (Wildman–Crippen MR) is 183 cm³/mol. The minimum absolute atomic E-state index is 0.0524. The normalized spacial score (nSPS) is 17.5. The Morgan fingerprint density at radius 2 is 1.46 bits per heavy atom. The lowest BCUT2D eigenvalue weighted by atomic mass is 10.1. The first-order valence-electron chi connectivity index (χ1n) is 16.2. The van der Waals surface area contributed by atoms with Crippen LogP contribution in [0.15, 0.2) is 84.9 Å². The van der Waals surface area contributed by atoms with Crippen LogP contribution in [0.25, 0.3) is 0 Å². The van der Waals surface area contributed by atoms with E-state index >= 15 is 0 Å². The molecule has 2 aliphatic rings. The number of hydrogen-bond acceptors (Lipinski definition) is 7. The fourth-order valence-corrected chi connectivity index (χ4v) is 7.48. The molecular weight excluding hydrogens is 630 g/mol. The first-order chi connectivity index (χ1) is 23.1. The van der Waals surface area contributed by atoms with Crippen LogP contribution in [0.3, 0.4) is 0 Å². The highest BCUT2D eigenvalue weighted by Gasteiger charge is 2.40. The summed E-state index contributed by atoms with van der Waals surface area (Å²) in [5.41, 5.74) is 8.63. The molecule has 2 heterocycles. The zero-order valence-corrected chi connectivity index (χ0v) is 27.7. The number of nitrogens with zero attached hydrogens (tertiary/aromatic N) is 3. The molecule has 12 nitrogen and oxygen atoms in total. The summed E-state index contributed by atoms with van der Waals surface area (Å²) < 4.78 is 29.2. The summed E-state index contributed by atoms with van der Waals surface area (Å²) in [5.74, 6) is -1.67. The van der Waals surface area contributed by atoms with Crippen molar-refractivity contribution < 1.29 is 22.8 Å². The second kappa shape index (κ2) is 16.0. The summed E-state index contributed by atoms with van der Waals surface area (Å²) in [4.78, 5) is 46.3. The number of benzene rings is 3. The van der Waals surface area contributed by atoms with E-state index in [4.69, 9.17) is 11.1 Å². The number of rotatable bonds is 13. The van der Waals surface area contributed by atoms with Crippen LogP contribution in [0.1, 0.15) is 41.5 Å². The number of amides is 3. The van der Waals surface area contributed by atoms with Crippen LogP contribution in [0.4, 0.5) is 0 Å². The van der Waals surface area contributed by atoms with Crippen LogP contribution in [-0.2, 0) is 43.2 Å². The van der Waals surface area contributed by atoms with Crippen LogP contribution < -0.4 is 15.8 Å². The fourth-order valence-electron chi connectivity index (χ4n) is 6.14. The second-order valence-corrected chi connectivity index (χ2v) is 14.0. The molecule has 2 atom stereocenters. The van der Waals surface area contributed by atoms with Gasteiger partial charge in [0.05, 0.1) is 12.2 Å². The monoisotopic (exact) mass is 673 g/mol. The van der Waals surface area contributed by atoms with E-state index in [0.29, 0.717) is 50.1 Å². The number of piperazine rings is 1. The average Bonchev–Trinajstić information content (AvgIpc) is 3.58. The summed E-state index contributed by atoms with van der Waals surface area (Å²) >= 11 is 0. The van der Waals surface area contributed by atoms with E-state index in [1.807, 2.05) is 18.2 Å². The highest BCUT2D eigenvalue weighted by molar-refractivity contribution is 7.88. The Kier molecular flexibility index (Phi) is 11.6. The Morgan fingerprint density at radius 1 is 0.833 bits per heavy atom. The van der Waals surface area contributed by atoms with Crippen LogP contribution in [0.5, 0.6) is 0 Å². The van der Waals surface area contributed by atoms with Gasteiger partial charge in [0.25, 0.3) is 0 Å². The van der Waals surface area contributed by atoms with Crippen LogP contribution in [0.2, 0.25) is 0 Å². The Bertz CT molecular complexity index is 1680. The van der Waals surface area contributed by atoms with E-state index in [-0.39, 0.29) is 42.9 Å². The lowest BCUT2D eigenvalue weighted by Crippen LogP contribution is -2.55. The molecule has 2 fully saturated rings. The number of amidine groups is 1. The number of hydrogen-bond donors (Lipinski definition) is 4. The van der Waals surface area contributed by atoms with Crippen LogP contribution in [-0.4, -0.2) is 91.5 Å². The Balaban J connectivity index is 1.25. The van der Waals surface area contributed by atoms with E-state index in [1.165, 1.54) is 10.5 Å². The van der Waals surface area contributed by atoms with Crippen molar-refractivity contribution in [2.24, 2.45) is 5.73 Å². The molecular formula is C35H43N7O5S. The van der Waals surface area contributed by atoms with Gasteiger partial charge in [-0.25, -0.2) is 13.1 Å². The van der Waals surface area contributed by atoms with E-state index in [1.54, 1.807) is 59.5 Å². The molecule has 2 aliphatic heterocycles. The van der Waals surface area contributed by atoms with Gasteiger partial charge in [-0.3, -0.25) is 24.7 Å². The quantitative estimate of drug-likeness (QED) is 0.158. The van der Waals surface area contributed by atoms with Crippen molar-refractivity contribution in [3.05, 3.63) is 107 Å². The summed E-state index contributed by atoms with van der Waals surface area (Å²) in [6.45, 7) is 3.49. The van der Waals surface area contributed by atoms with Crippen molar-refractivity contribution in [1.82, 2.24) is 24.7 Å². The Labute approximate surface area is 281 Å². The maximum atomic E-state index is 14.0. The maximum Gasteiger partial charge on any atom is 0.243 e. The van der Waals surface area contributed by atoms with E-state index < -0.39 is 28.0 Å². The molecule has 5 N–H and O–H groups in total. The molecule has 5 rings (SSSR count). The standard InChI is InChI=1S/C35H43N7O5S/c36-33(37)29-15-13-26(14-16-29)23-38-34(44)31-12-7-17-42(31)35(45)30(39-48(46,47)25-28-10-5-2-6-11-28)22-32(43)41-20-18-40(19-21-41)24-27-8-3-1-4-9-27/h1-6,8-11,13-16,30-31,39H,7,12,17-25H2,(H3,36,37)(H,38,44)/t30-,31+/m1/s1. The van der Waals surface area contributed by atoms with Gasteiger partial charge in [0.1, 0.15) is 17.9 Å². The highest BCUT2D eigenvalue weighted by atomic mass is 32.2. The third-order valence-electron chi connectivity index (χ3n) is 8.74. The summed E-state index contributed by atoms with van der Waals surface area (Å²) in [6.07, 6.45) is 0.637. The topological polar surface area (TPSA) is 169 Å². The number of carbonyl (C=O) groups is 3. The third kappa shape index (κ3) is 9.49. The minimum atomic E-state index is -4.02. The first-order valence-corrected chi connectivity index (χ1v) is 17.8. The molecule has 2 saturated heterocycles. The molecule has 0 saturated carbocycles. The van der Waals surface area contributed by atoms with Crippen molar-refractivity contribution in [1.29, 1.82) is 5.41 Å².